The van der Waals surface area contributed by atoms with Gasteiger partial charge in [-0.15, -0.1) is 0 Å². The lowest BCUT2D eigenvalue weighted by molar-refractivity contribution is -0.141. The molecule has 1 unspecified atom stereocenters. The first-order chi connectivity index (χ1) is 18.7. The van der Waals surface area contributed by atoms with Gasteiger partial charge in [0.1, 0.15) is 11.3 Å². The Kier molecular flexibility index (Phi) is 8.25. The Morgan fingerprint density at radius 2 is 1.90 bits per heavy atom. The average molecular weight is 575 g/mol. The van der Waals surface area contributed by atoms with E-state index in [9.17, 15) is 9.59 Å². The third-order valence-electron chi connectivity index (χ3n) is 7.77. The van der Waals surface area contributed by atoms with Crippen molar-refractivity contribution in [2.45, 2.75) is 51.6 Å². The van der Waals surface area contributed by atoms with Crippen molar-refractivity contribution in [3.05, 3.63) is 45.7 Å². The first kappa shape index (κ1) is 27.6. The summed E-state index contributed by atoms with van der Waals surface area (Å²) >= 11 is 12.6. The Morgan fingerprint density at radius 3 is 2.62 bits per heavy atom. The number of piperidine rings is 1. The number of carbonyl (C=O) groups is 2. The molecule has 0 saturated carbocycles. The van der Waals surface area contributed by atoms with Crippen LogP contribution in [0.5, 0.6) is 0 Å². The molecule has 2 aliphatic rings. The lowest BCUT2D eigenvalue weighted by atomic mass is 10.00. The molecule has 2 atom stereocenters. The van der Waals surface area contributed by atoms with E-state index in [1.807, 2.05) is 40.5 Å². The summed E-state index contributed by atoms with van der Waals surface area (Å²) in [5, 5.41) is 15.0. The predicted octanol–water partition coefficient (Wildman–Crippen LogP) is 4.03. The molecule has 2 saturated heterocycles. The summed E-state index contributed by atoms with van der Waals surface area (Å²) in [7, 11) is 0. The highest BCUT2D eigenvalue weighted by Gasteiger charge is 2.33. The first-order valence-corrected chi connectivity index (χ1v) is 14.1. The number of fused-ring (bicyclic) bond motifs is 1. The molecule has 0 spiro atoms. The zero-order chi connectivity index (χ0) is 27.7. The Bertz CT molecular complexity index is 1370. The van der Waals surface area contributed by atoms with E-state index in [-0.39, 0.29) is 24.4 Å². The van der Waals surface area contributed by atoms with Crippen LogP contribution >= 0.6 is 23.2 Å². The molecular formula is C27H33Cl2N7O3. The van der Waals surface area contributed by atoms with Crippen molar-refractivity contribution in [2.75, 3.05) is 44.2 Å². The zero-order valence-corrected chi connectivity index (χ0v) is 23.7. The monoisotopic (exact) mass is 573 g/mol. The van der Waals surface area contributed by atoms with Crippen LogP contribution in [0.15, 0.2) is 24.4 Å². The smallest absolute Gasteiger partial charge is 0.304 e. The number of nitrogens with zero attached hydrogens (tertiary/aromatic N) is 7. The van der Waals surface area contributed by atoms with Crippen LogP contribution in [-0.4, -0.2) is 91.8 Å². The molecule has 12 heteroatoms. The Labute approximate surface area is 237 Å². The van der Waals surface area contributed by atoms with Crippen LogP contribution in [0.25, 0.3) is 11.2 Å². The summed E-state index contributed by atoms with van der Waals surface area (Å²) in [6, 6.07) is 5.03. The lowest BCUT2D eigenvalue weighted by Gasteiger charge is -2.41. The highest BCUT2D eigenvalue weighted by Crippen LogP contribution is 2.31. The van der Waals surface area contributed by atoms with Gasteiger partial charge in [0.2, 0.25) is 5.91 Å². The molecule has 208 valence electrons. The largest absolute Gasteiger partial charge is 0.481 e. The van der Waals surface area contributed by atoms with Crippen molar-refractivity contribution >= 4 is 52.1 Å². The number of amides is 1. The quantitative estimate of drug-likeness (QED) is 0.451. The van der Waals surface area contributed by atoms with Crippen molar-refractivity contribution in [3.8, 4) is 0 Å². The van der Waals surface area contributed by atoms with Crippen LogP contribution in [0.4, 0.5) is 5.82 Å². The second-order valence-corrected chi connectivity index (χ2v) is 11.1. The summed E-state index contributed by atoms with van der Waals surface area (Å²) in [4.78, 5) is 40.2. The minimum atomic E-state index is -0.833. The fourth-order valence-corrected chi connectivity index (χ4v) is 6.15. The lowest BCUT2D eigenvalue weighted by Crippen LogP contribution is -2.56. The van der Waals surface area contributed by atoms with Crippen molar-refractivity contribution in [1.82, 2.24) is 29.5 Å². The van der Waals surface area contributed by atoms with Gasteiger partial charge in [0, 0.05) is 42.8 Å². The summed E-state index contributed by atoms with van der Waals surface area (Å²) < 4.78 is 1.85. The van der Waals surface area contributed by atoms with Gasteiger partial charge < -0.3 is 14.9 Å². The topological polar surface area (TPSA) is 108 Å². The van der Waals surface area contributed by atoms with Crippen molar-refractivity contribution < 1.29 is 14.7 Å². The van der Waals surface area contributed by atoms with Crippen LogP contribution in [0.1, 0.15) is 49.9 Å². The third-order valence-corrected chi connectivity index (χ3v) is 8.33. The van der Waals surface area contributed by atoms with Gasteiger partial charge in [-0.2, -0.15) is 5.10 Å². The predicted molar refractivity (Wildman–Crippen MR) is 151 cm³/mol. The molecule has 0 radical (unpaired) electrons. The van der Waals surface area contributed by atoms with Gasteiger partial charge in [0.15, 0.2) is 5.65 Å². The van der Waals surface area contributed by atoms with Gasteiger partial charge >= 0.3 is 5.97 Å². The normalized spacial score (nSPS) is 19.4. The van der Waals surface area contributed by atoms with Crippen LogP contribution < -0.4 is 4.90 Å². The van der Waals surface area contributed by atoms with Gasteiger partial charge in [-0.1, -0.05) is 35.7 Å². The summed E-state index contributed by atoms with van der Waals surface area (Å²) in [5.41, 5.74) is 3.10. The second-order valence-electron chi connectivity index (χ2n) is 10.3. The molecule has 4 heterocycles. The number of carbonyl (C=O) groups excluding carboxylic acids is 1. The number of rotatable bonds is 7. The fourth-order valence-electron chi connectivity index (χ4n) is 5.58. The maximum atomic E-state index is 13.4. The second kappa shape index (κ2) is 11.7. The molecule has 3 aromatic rings. The number of aliphatic carboxylic acids is 1. The van der Waals surface area contributed by atoms with E-state index in [0.29, 0.717) is 48.4 Å². The van der Waals surface area contributed by atoms with E-state index in [4.69, 9.17) is 38.4 Å². The summed E-state index contributed by atoms with van der Waals surface area (Å²) in [6.45, 7) is 7.55. The highest BCUT2D eigenvalue weighted by molar-refractivity contribution is 6.35. The van der Waals surface area contributed by atoms with Gasteiger partial charge in [-0.3, -0.25) is 14.5 Å². The average Bonchev–Trinajstić information content (AvgIpc) is 3.27. The standard InChI is InChI=1S/C27H33Cl2N7O3/c1-17-25-26(36(32-17)18(2)20-7-6-19(28)15-21(20)29)31-23(16-30-25)34-11-13-35(14-12-34)27(39)22-5-3-4-9-33(22)10-8-24(37)38/h6-7,15-16,18,22H,3-5,8-14H2,1-2H3,(H,37,38)/t18?,22-/m1/s1. The number of aryl methyl sites for hydroxylation is 1. The molecule has 1 N–H and O–H groups in total. The van der Waals surface area contributed by atoms with Crippen molar-refractivity contribution in [1.29, 1.82) is 0 Å². The molecule has 1 aromatic carbocycles. The van der Waals surface area contributed by atoms with E-state index < -0.39 is 5.97 Å². The number of halogens is 2. The zero-order valence-electron chi connectivity index (χ0n) is 22.2. The van der Waals surface area contributed by atoms with Crippen LogP contribution in [-0.2, 0) is 9.59 Å². The van der Waals surface area contributed by atoms with Crippen LogP contribution in [0, 0.1) is 6.92 Å². The van der Waals surface area contributed by atoms with Gasteiger partial charge in [0.05, 0.1) is 30.4 Å². The highest BCUT2D eigenvalue weighted by atomic mass is 35.5. The van der Waals surface area contributed by atoms with Crippen LogP contribution in [0.2, 0.25) is 10.0 Å². The molecule has 10 nitrogen and oxygen atoms in total. The number of hydrogen-bond acceptors (Lipinski definition) is 7. The number of hydrogen-bond donors (Lipinski definition) is 1. The maximum Gasteiger partial charge on any atom is 0.304 e. The molecule has 0 bridgehead atoms. The molecule has 5 rings (SSSR count). The molecule has 1 amide bonds. The molecule has 39 heavy (non-hydrogen) atoms. The van der Waals surface area contributed by atoms with Gasteiger partial charge in [-0.05, 0) is 50.9 Å². The Hall–Kier alpha value is -2.95. The van der Waals surface area contributed by atoms with E-state index in [1.165, 1.54) is 0 Å². The SMILES string of the molecule is Cc1nn(C(C)c2ccc(Cl)cc2Cl)c2nc(N3CCN(C(=O)[C@H]4CCCCN4CCC(=O)O)CC3)cnc12. The number of aromatic nitrogens is 4. The summed E-state index contributed by atoms with van der Waals surface area (Å²) in [5.74, 6) is 0.00945. The van der Waals surface area contributed by atoms with Gasteiger partial charge in [0.25, 0.3) is 0 Å². The summed E-state index contributed by atoms with van der Waals surface area (Å²) in [6.07, 6.45) is 4.59. The van der Waals surface area contributed by atoms with E-state index >= 15 is 0 Å². The number of anilines is 1. The Balaban J connectivity index is 1.30. The number of carboxylic acid groups (broad SMARTS) is 1. The number of carboxylic acids is 1. The van der Waals surface area contributed by atoms with Crippen LogP contribution in [0.3, 0.4) is 0 Å². The molecule has 2 fully saturated rings. The van der Waals surface area contributed by atoms with Crippen molar-refractivity contribution in [2.24, 2.45) is 0 Å². The number of benzene rings is 1. The Morgan fingerprint density at radius 1 is 1.13 bits per heavy atom. The maximum absolute atomic E-state index is 13.4. The van der Waals surface area contributed by atoms with Crippen molar-refractivity contribution in [3.63, 3.8) is 0 Å². The van der Waals surface area contributed by atoms with E-state index in [0.717, 1.165) is 48.4 Å². The molecule has 2 aliphatic heterocycles. The first-order valence-electron chi connectivity index (χ1n) is 13.4. The fraction of sp³-hybridized carbons (Fsp3) is 0.519. The number of piperazine rings is 1. The van der Waals surface area contributed by atoms with Gasteiger partial charge in [-0.25, -0.2) is 14.6 Å². The third kappa shape index (κ3) is 5.83. The minimum Gasteiger partial charge on any atom is -0.481 e. The van der Waals surface area contributed by atoms with E-state index in [2.05, 4.69) is 9.88 Å². The molecule has 0 aliphatic carbocycles. The number of likely N-dealkylation sites (tertiary alicyclic amines) is 1. The van der Waals surface area contributed by atoms with E-state index in [1.54, 1.807) is 12.3 Å². The minimum absolute atomic E-state index is 0.0532. The molecule has 2 aromatic heterocycles. The molecular weight excluding hydrogens is 541 g/mol.